The number of methoxy groups -OCH3 is 1. The number of nitrogens with zero attached hydrogens (tertiary/aromatic N) is 5. The van der Waals surface area contributed by atoms with Crippen molar-refractivity contribution in [3.63, 3.8) is 0 Å². The zero-order valence-electron chi connectivity index (χ0n) is 15.2. The van der Waals surface area contributed by atoms with Crippen LogP contribution in [0.5, 0.6) is 5.75 Å². The maximum atomic E-state index is 12.7. The Labute approximate surface area is 157 Å². The van der Waals surface area contributed by atoms with Crippen molar-refractivity contribution in [1.82, 2.24) is 24.9 Å². The van der Waals surface area contributed by atoms with Crippen molar-refractivity contribution >= 4 is 5.91 Å². The number of amides is 1. The average Bonchev–Trinajstić information content (AvgIpc) is 3.24. The summed E-state index contributed by atoms with van der Waals surface area (Å²) < 4.78 is 7.11. The molecule has 3 heterocycles. The summed E-state index contributed by atoms with van der Waals surface area (Å²) in [5.41, 5.74) is 2.24. The van der Waals surface area contributed by atoms with Gasteiger partial charge in [-0.2, -0.15) is 0 Å². The van der Waals surface area contributed by atoms with Gasteiger partial charge in [0, 0.05) is 24.8 Å². The molecule has 0 N–H and O–H groups in total. The molecular formula is C20H21N5O2. The first-order valence-corrected chi connectivity index (χ1v) is 9.01. The molecule has 3 aromatic rings. The second-order valence-corrected chi connectivity index (χ2v) is 6.55. The number of carbonyl (C=O) groups is 1. The smallest absolute Gasteiger partial charge is 0.253 e. The Morgan fingerprint density at radius 3 is 2.70 bits per heavy atom. The van der Waals surface area contributed by atoms with E-state index in [1.54, 1.807) is 19.4 Å². The molecule has 0 bridgehead atoms. The Morgan fingerprint density at radius 1 is 1.11 bits per heavy atom. The van der Waals surface area contributed by atoms with Gasteiger partial charge in [-0.05, 0) is 43.2 Å². The first-order chi connectivity index (χ1) is 13.2. The molecule has 4 rings (SSSR count). The maximum absolute atomic E-state index is 12.7. The predicted octanol–water partition coefficient (Wildman–Crippen LogP) is 2.83. The monoisotopic (exact) mass is 363 g/mol. The molecule has 1 amide bonds. The van der Waals surface area contributed by atoms with Gasteiger partial charge >= 0.3 is 0 Å². The van der Waals surface area contributed by atoms with E-state index in [0.29, 0.717) is 24.4 Å². The van der Waals surface area contributed by atoms with Crippen LogP contribution in [0.1, 0.15) is 29.2 Å². The Bertz CT molecular complexity index is 917. The number of carbonyl (C=O) groups excluding carboxylic acids is 1. The number of hydrogen-bond donors (Lipinski definition) is 0. The lowest BCUT2D eigenvalue weighted by Gasteiger charge is -2.32. The molecule has 138 valence electrons. The molecule has 27 heavy (non-hydrogen) atoms. The number of piperidine rings is 1. The molecule has 0 aliphatic carbocycles. The fourth-order valence-electron chi connectivity index (χ4n) is 3.36. The van der Waals surface area contributed by atoms with E-state index >= 15 is 0 Å². The highest BCUT2D eigenvalue weighted by atomic mass is 16.5. The third kappa shape index (κ3) is 3.67. The maximum Gasteiger partial charge on any atom is 0.253 e. The Kier molecular flexibility index (Phi) is 4.82. The van der Waals surface area contributed by atoms with Gasteiger partial charge in [0.1, 0.15) is 11.4 Å². The van der Waals surface area contributed by atoms with Crippen LogP contribution in [-0.4, -0.2) is 51.0 Å². The highest BCUT2D eigenvalue weighted by Crippen LogP contribution is 2.25. The lowest BCUT2D eigenvalue weighted by Crippen LogP contribution is -2.39. The average molecular weight is 363 g/mol. The molecule has 0 atom stereocenters. The van der Waals surface area contributed by atoms with Gasteiger partial charge in [0.25, 0.3) is 5.91 Å². The van der Waals surface area contributed by atoms with Crippen molar-refractivity contribution < 1.29 is 9.53 Å². The molecule has 7 nitrogen and oxygen atoms in total. The summed E-state index contributed by atoms with van der Waals surface area (Å²) in [7, 11) is 1.60. The molecule has 0 spiro atoms. The van der Waals surface area contributed by atoms with Crippen LogP contribution >= 0.6 is 0 Å². The zero-order valence-corrected chi connectivity index (χ0v) is 15.2. The van der Waals surface area contributed by atoms with Gasteiger partial charge in [0.2, 0.25) is 0 Å². The Hall–Kier alpha value is -3.22. The van der Waals surface area contributed by atoms with Gasteiger partial charge in [0.15, 0.2) is 0 Å². The molecule has 1 saturated heterocycles. The third-order valence-corrected chi connectivity index (χ3v) is 4.88. The van der Waals surface area contributed by atoms with Crippen LogP contribution in [0.25, 0.3) is 11.4 Å². The lowest BCUT2D eigenvalue weighted by molar-refractivity contribution is 0.0689. The minimum atomic E-state index is 0.0418. The summed E-state index contributed by atoms with van der Waals surface area (Å²) in [6.45, 7) is 1.39. The molecule has 2 aromatic heterocycles. The van der Waals surface area contributed by atoms with E-state index in [0.717, 1.165) is 24.2 Å². The number of hydrogen-bond acceptors (Lipinski definition) is 5. The molecular weight excluding hydrogens is 342 g/mol. The van der Waals surface area contributed by atoms with E-state index in [9.17, 15) is 4.79 Å². The van der Waals surface area contributed by atoms with Crippen molar-refractivity contribution in [3.8, 4) is 17.1 Å². The number of ether oxygens (including phenoxy) is 1. The van der Waals surface area contributed by atoms with Crippen LogP contribution in [0.3, 0.4) is 0 Å². The van der Waals surface area contributed by atoms with Crippen molar-refractivity contribution in [2.45, 2.75) is 18.9 Å². The molecule has 1 fully saturated rings. The molecule has 1 aliphatic heterocycles. The van der Waals surface area contributed by atoms with Crippen LogP contribution in [0.4, 0.5) is 0 Å². The topological polar surface area (TPSA) is 73.1 Å². The number of aromatic nitrogens is 4. The fourth-order valence-corrected chi connectivity index (χ4v) is 3.36. The Balaban J connectivity index is 1.40. The summed E-state index contributed by atoms with van der Waals surface area (Å²) in [6, 6.07) is 13.3. The van der Waals surface area contributed by atoms with E-state index in [1.165, 1.54) is 0 Å². The quantitative estimate of drug-likeness (QED) is 0.713. The number of likely N-dealkylation sites (tertiary alicyclic amines) is 1. The van der Waals surface area contributed by atoms with Crippen LogP contribution in [-0.2, 0) is 0 Å². The number of benzene rings is 1. The summed E-state index contributed by atoms with van der Waals surface area (Å²) in [5.74, 6) is 0.737. The van der Waals surface area contributed by atoms with Gasteiger partial charge in [-0.3, -0.25) is 9.78 Å². The largest absolute Gasteiger partial charge is 0.497 e. The fraction of sp³-hybridized carbons (Fsp3) is 0.300. The van der Waals surface area contributed by atoms with Crippen molar-refractivity contribution in [1.29, 1.82) is 0 Å². The standard InChI is InChI=1S/C20H21N5O2/c1-27-17-6-4-5-15(13-17)20(26)24-11-8-16(9-12-24)25-14-19(22-23-25)18-7-2-3-10-21-18/h2-7,10,13-14,16H,8-9,11-12H2,1H3. The van der Waals surface area contributed by atoms with Crippen molar-refractivity contribution in [3.05, 3.63) is 60.4 Å². The van der Waals surface area contributed by atoms with Crippen LogP contribution in [0.15, 0.2) is 54.9 Å². The second-order valence-electron chi connectivity index (χ2n) is 6.55. The van der Waals surface area contributed by atoms with Crippen LogP contribution in [0, 0.1) is 0 Å². The normalized spacial score (nSPS) is 14.9. The molecule has 1 aromatic carbocycles. The molecule has 0 saturated carbocycles. The highest BCUT2D eigenvalue weighted by molar-refractivity contribution is 5.94. The second kappa shape index (κ2) is 7.57. The van der Waals surface area contributed by atoms with E-state index in [2.05, 4.69) is 15.3 Å². The Morgan fingerprint density at radius 2 is 1.96 bits per heavy atom. The first kappa shape index (κ1) is 17.2. The summed E-state index contributed by atoms with van der Waals surface area (Å²) in [5, 5.41) is 8.51. The molecule has 1 aliphatic rings. The van der Waals surface area contributed by atoms with Crippen LogP contribution in [0.2, 0.25) is 0 Å². The van der Waals surface area contributed by atoms with Gasteiger partial charge < -0.3 is 9.64 Å². The third-order valence-electron chi connectivity index (χ3n) is 4.88. The zero-order chi connectivity index (χ0) is 18.6. The number of rotatable bonds is 4. The van der Waals surface area contributed by atoms with Crippen molar-refractivity contribution in [2.24, 2.45) is 0 Å². The van der Waals surface area contributed by atoms with Gasteiger partial charge in [-0.15, -0.1) is 5.10 Å². The SMILES string of the molecule is COc1cccc(C(=O)N2CCC(n3cc(-c4ccccn4)nn3)CC2)c1. The minimum Gasteiger partial charge on any atom is -0.497 e. The molecule has 0 unspecified atom stereocenters. The van der Waals surface area contributed by atoms with E-state index < -0.39 is 0 Å². The van der Waals surface area contributed by atoms with E-state index in [-0.39, 0.29) is 11.9 Å². The molecule has 7 heteroatoms. The van der Waals surface area contributed by atoms with E-state index in [1.807, 2.05) is 52.2 Å². The first-order valence-electron chi connectivity index (χ1n) is 9.01. The molecule has 0 radical (unpaired) electrons. The van der Waals surface area contributed by atoms with Gasteiger partial charge in [0.05, 0.1) is 25.0 Å². The van der Waals surface area contributed by atoms with Crippen molar-refractivity contribution in [2.75, 3.05) is 20.2 Å². The van der Waals surface area contributed by atoms with Gasteiger partial charge in [-0.1, -0.05) is 17.3 Å². The predicted molar refractivity (Wildman–Crippen MR) is 100 cm³/mol. The summed E-state index contributed by atoms with van der Waals surface area (Å²) in [4.78, 5) is 18.9. The van der Waals surface area contributed by atoms with Crippen LogP contribution < -0.4 is 4.74 Å². The summed E-state index contributed by atoms with van der Waals surface area (Å²) >= 11 is 0. The minimum absolute atomic E-state index is 0.0418. The highest BCUT2D eigenvalue weighted by Gasteiger charge is 2.25. The lowest BCUT2D eigenvalue weighted by atomic mass is 10.0. The van der Waals surface area contributed by atoms with E-state index in [4.69, 9.17) is 4.74 Å². The number of pyridine rings is 1. The summed E-state index contributed by atoms with van der Waals surface area (Å²) in [6.07, 6.45) is 5.38. The van der Waals surface area contributed by atoms with Gasteiger partial charge in [-0.25, -0.2) is 4.68 Å².